The van der Waals surface area contributed by atoms with Crippen molar-refractivity contribution in [2.75, 3.05) is 23.9 Å². The quantitative estimate of drug-likeness (QED) is 0.168. The first-order valence-electron chi connectivity index (χ1n) is 12.9. The molecule has 2 N–H and O–H groups in total. The normalized spacial score (nSPS) is 16.8. The van der Waals surface area contributed by atoms with Crippen molar-refractivity contribution in [1.29, 1.82) is 0 Å². The van der Waals surface area contributed by atoms with Crippen LogP contribution in [0.5, 0.6) is 5.75 Å². The molecule has 230 valence electrons. The monoisotopic (exact) mass is 610 g/mol. The molecule has 1 fully saturated rings. The number of hydroxylamine groups is 2. The van der Waals surface area contributed by atoms with Crippen LogP contribution in [0.15, 0.2) is 72.8 Å². The van der Waals surface area contributed by atoms with Crippen molar-refractivity contribution in [3.05, 3.63) is 89.5 Å². The van der Waals surface area contributed by atoms with Crippen molar-refractivity contribution in [3.8, 4) is 5.75 Å². The zero-order valence-electron chi connectivity index (χ0n) is 23.2. The Labute approximate surface area is 243 Å². The number of nitrogens with zero attached hydrogens (tertiary/aromatic N) is 3. The fourth-order valence-electron chi connectivity index (χ4n) is 4.91. The Hall–Kier alpha value is -4.46. The standard InChI is InChI=1S/C29H28F6N4O4/c1-27(2)24(39(42)25(40)36-21-8-4-6-19(16-21)28(30,31)32)38(22-9-5-7-20(17-22)29(33,34)35)26(41)37(27)15-14-18-10-12-23(43-3)13-11-18/h4-13,16-17,24,42H,14-15H2,1-3H3,(H,36,40)/t24-/m0/s1. The number of nitrogens with one attached hydrogen (secondary N) is 1. The second kappa shape index (κ2) is 11.7. The van der Waals surface area contributed by atoms with Gasteiger partial charge in [0.05, 0.1) is 23.8 Å². The van der Waals surface area contributed by atoms with E-state index in [0.717, 1.165) is 40.8 Å². The third-order valence-corrected chi connectivity index (χ3v) is 7.12. The van der Waals surface area contributed by atoms with Crippen LogP contribution < -0.4 is 15.0 Å². The van der Waals surface area contributed by atoms with E-state index >= 15 is 0 Å². The number of hydrogen-bond acceptors (Lipinski definition) is 4. The summed E-state index contributed by atoms with van der Waals surface area (Å²) < 4.78 is 85.4. The van der Waals surface area contributed by atoms with Crippen molar-refractivity contribution < 1.29 is 45.9 Å². The Bertz CT molecular complexity index is 1480. The molecule has 1 heterocycles. The number of anilines is 2. The van der Waals surface area contributed by atoms with E-state index in [1.54, 1.807) is 24.3 Å². The van der Waals surface area contributed by atoms with Crippen LogP contribution in [0, 0.1) is 0 Å². The van der Waals surface area contributed by atoms with Crippen LogP contribution in [-0.4, -0.2) is 52.6 Å². The minimum absolute atomic E-state index is 0.0488. The van der Waals surface area contributed by atoms with Crippen LogP contribution in [-0.2, 0) is 18.8 Å². The van der Waals surface area contributed by atoms with Gasteiger partial charge in [-0.05, 0) is 74.4 Å². The maximum absolute atomic E-state index is 13.8. The van der Waals surface area contributed by atoms with E-state index in [1.807, 2.05) is 0 Å². The Morgan fingerprint density at radius 2 is 1.53 bits per heavy atom. The molecule has 14 heteroatoms. The molecule has 1 atom stereocenters. The largest absolute Gasteiger partial charge is 0.497 e. The highest BCUT2D eigenvalue weighted by atomic mass is 19.4. The molecule has 0 spiro atoms. The third-order valence-electron chi connectivity index (χ3n) is 7.12. The van der Waals surface area contributed by atoms with E-state index in [9.17, 15) is 41.1 Å². The second-order valence-electron chi connectivity index (χ2n) is 10.3. The summed E-state index contributed by atoms with van der Waals surface area (Å²) in [6.45, 7) is 3.07. The fraction of sp³-hybridized carbons (Fsp3) is 0.310. The molecule has 0 aliphatic carbocycles. The van der Waals surface area contributed by atoms with Gasteiger partial charge in [-0.3, -0.25) is 10.1 Å². The summed E-state index contributed by atoms with van der Waals surface area (Å²) in [7, 11) is 1.51. The maximum Gasteiger partial charge on any atom is 0.416 e. The minimum Gasteiger partial charge on any atom is -0.497 e. The zero-order valence-corrected chi connectivity index (χ0v) is 23.2. The number of hydrogen-bond donors (Lipinski definition) is 2. The van der Waals surface area contributed by atoms with Crippen molar-refractivity contribution in [2.45, 2.75) is 44.3 Å². The second-order valence-corrected chi connectivity index (χ2v) is 10.3. The van der Waals surface area contributed by atoms with Crippen LogP contribution >= 0.6 is 0 Å². The van der Waals surface area contributed by atoms with E-state index in [1.165, 1.54) is 31.9 Å². The lowest BCUT2D eigenvalue weighted by Crippen LogP contribution is -2.58. The summed E-state index contributed by atoms with van der Waals surface area (Å²) in [6.07, 6.45) is -10.7. The predicted molar refractivity (Wildman–Crippen MR) is 145 cm³/mol. The highest BCUT2D eigenvalue weighted by molar-refractivity contribution is 5.98. The topological polar surface area (TPSA) is 85.3 Å². The number of amides is 4. The molecular weight excluding hydrogens is 582 g/mol. The maximum atomic E-state index is 13.8. The summed E-state index contributed by atoms with van der Waals surface area (Å²) in [5.74, 6) is 0.611. The number of urea groups is 2. The smallest absolute Gasteiger partial charge is 0.416 e. The number of methoxy groups -OCH3 is 1. The number of ether oxygens (including phenoxy) is 1. The summed E-state index contributed by atoms with van der Waals surface area (Å²) in [5.41, 5.74) is -3.27. The van der Waals surface area contributed by atoms with E-state index in [-0.39, 0.29) is 23.0 Å². The van der Waals surface area contributed by atoms with Crippen LogP contribution in [0.2, 0.25) is 0 Å². The molecule has 1 saturated heterocycles. The van der Waals surface area contributed by atoms with E-state index < -0.39 is 47.2 Å². The molecule has 1 aliphatic rings. The predicted octanol–water partition coefficient (Wildman–Crippen LogP) is 7.25. The van der Waals surface area contributed by atoms with Crippen molar-refractivity contribution in [1.82, 2.24) is 9.96 Å². The Morgan fingerprint density at radius 1 is 0.953 bits per heavy atom. The van der Waals surface area contributed by atoms with Gasteiger partial charge >= 0.3 is 24.4 Å². The van der Waals surface area contributed by atoms with Crippen molar-refractivity contribution in [3.63, 3.8) is 0 Å². The van der Waals surface area contributed by atoms with E-state index in [4.69, 9.17) is 4.74 Å². The van der Waals surface area contributed by atoms with Gasteiger partial charge in [0.15, 0.2) is 6.17 Å². The summed E-state index contributed by atoms with van der Waals surface area (Å²) >= 11 is 0. The molecule has 0 saturated carbocycles. The van der Waals surface area contributed by atoms with E-state index in [2.05, 4.69) is 5.32 Å². The number of rotatable bonds is 7. The first-order valence-corrected chi connectivity index (χ1v) is 12.9. The molecule has 1 aliphatic heterocycles. The highest BCUT2D eigenvalue weighted by Gasteiger charge is 2.56. The lowest BCUT2D eigenvalue weighted by Gasteiger charge is -2.38. The summed E-state index contributed by atoms with van der Waals surface area (Å²) in [4.78, 5) is 29.1. The van der Waals surface area contributed by atoms with E-state index in [0.29, 0.717) is 24.3 Å². The van der Waals surface area contributed by atoms with Crippen LogP contribution in [0.3, 0.4) is 0 Å². The molecule has 0 aromatic heterocycles. The van der Waals surface area contributed by atoms with Gasteiger partial charge in [0.2, 0.25) is 0 Å². The number of alkyl halides is 6. The first kappa shape index (κ1) is 31.5. The number of halogens is 6. The summed E-state index contributed by atoms with van der Waals surface area (Å²) in [6, 6.07) is 12.4. The number of carbonyl (C=O) groups excluding carboxylic acids is 2. The van der Waals surface area contributed by atoms with Gasteiger partial charge in [0, 0.05) is 17.9 Å². The van der Waals surface area contributed by atoms with Gasteiger partial charge in [-0.2, -0.15) is 31.4 Å². The summed E-state index contributed by atoms with van der Waals surface area (Å²) in [5, 5.41) is 13.4. The molecule has 4 rings (SSSR count). The molecule has 0 unspecified atom stereocenters. The number of benzene rings is 3. The molecule has 3 aromatic rings. The highest BCUT2D eigenvalue weighted by Crippen LogP contribution is 2.40. The minimum atomic E-state index is -4.75. The third kappa shape index (κ3) is 6.63. The van der Waals surface area contributed by atoms with Gasteiger partial charge in [-0.1, -0.05) is 24.3 Å². The van der Waals surface area contributed by atoms with Gasteiger partial charge in [-0.15, -0.1) is 0 Å². The lowest BCUT2D eigenvalue weighted by atomic mass is 9.99. The van der Waals surface area contributed by atoms with Gasteiger partial charge in [0.25, 0.3) is 0 Å². The van der Waals surface area contributed by atoms with Gasteiger partial charge < -0.3 is 15.0 Å². The molecule has 0 bridgehead atoms. The molecule has 3 aromatic carbocycles. The zero-order chi connectivity index (χ0) is 31.7. The lowest BCUT2D eigenvalue weighted by molar-refractivity contribution is -0.138. The van der Waals surface area contributed by atoms with Crippen molar-refractivity contribution in [2.24, 2.45) is 0 Å². The SMILES string of the molecule is COc1ccc(CCN2C(=O)N(c3cccc(C(F)(F)F)c3)[C@@H](N(O)C(=O)Nc3cccc(C(F)(F)F)c3)C2(C)C)cc1. The molecule has 8 nitrogen and oxygen atoms in total. The van der Waals surface area contributed by atoms with Gasteiger partial charge in [-0.25, -0.2) is 9.59 Å². The Kier molecular flexibility index (Phi) is 8.54. The first-order chi connectivity index (χ1) is 20.0. The molecule has 43 heavy (non-hydrogen) atoms. The Balaban J connectivity index is 1.69. The van der Waals surface area contributed by atoms with Crippen LogP contribution in [0.4, 0.5) is 47.3 Å². The average Bonchev–Trinajstić information content (AvgIpc) is 3.15. The average molecular weight is 611 g/mol. The fourth-order valence-corrected chi connectivity index (χ4v) is 4.91. The molecule has 4 amide bonds. The molecule has 0 radical (unpaired) electrons. The number of carbonyl (C=O) groups is 2. The molecular formula is C29H28F6N4O4. The van der Waals surface area contributed by atoms with Crippen LogP contribution in [0.1, 0.15) is 30.5 Å². The van der Waals surface area contributed by atoms with Gasteiger partial charge in [0.1, 0.15) is 5.75 Å². The Morgan fingerprint density at radius 3 is 2.12 bits per heavy atom. The van der Waals surface area contributed by atoms with Crippen molar-refractivity contribution >= 4 is 23.4 Å². The van der Waals surface area contributed by atoms with Crippen LogP contribution in [0.25, 0.3) is 0 Å².